The Balaban J connectivity index is 2.20. The van der Waals surface area contributed by atoms with E-state index < -0.39 is 26.5 Å². The first-order valence-corrected chi connectivity index (χ1v) is 8.81. The van der Waals surface area contributed by atoms with Crippen LogP contribution >= 0.6 is 0 Å². The standard InChI is InChI=1S/C16H15FN2O4S/c1-11-4-2-6-15(19(20)21)16(11)24(22,23)18-9-3-5-12-10-13(17)7-8-14(12)18/h2,4,6-8,10H,3,5,9H2,1H3. The Bertz CT molecular complexity index is 928. The maximum absolute atomic E-state index is 13.4. The van der Waals surface area contributed by atoms with Gasteiger partial charge >= 0.3 is 0 Å². The lowest BCUT2D eigenvalue weighted by Gasteiger charge is -2.30. The second-order valence-corrected chi connectivity index (χ2v) is 7.43. The third kappa shape index (κ3) is 2.62. The van der Waals surface area contributed by atoms with Gasteiger partial charge in [-0.05, 0) is 49.1 Å². The first-order valence-electron chi connectivity index (χ1n) is 7.37. The quantitative estimate of drug-likeness (QED) is 0.629. The molecule has 0 radical (unpaired) electrons. The van der Waals surface area contributed by atoms with Gasteiger partial charge in [0.2, 0.25) is 0 Å². The van der Waals surface area contributed by atoms with Crippen LogP contribution in [0.3, 0.4) is 0 Å². The lowest BCUT2D eigenvalue weighted by Crippen LogP contribution is -2.36. The van der Waals surface area contributed by atoms with E-state index in [0.717, 1.165) is 4.31 Å². The van der Waals surface area contributed by atoms with Crippen LogP contribution in [0.5, 0.6) is 0 Å². The molecule has 0 aliphatic carbocycles. The molecule has 0 fully saturated rings. The van der Waals surface area contributed by atoms with Crippen LogP contribution in [0.1, 0.15) is 17.5 Å². The normalized spacial score (nSPS) is 14.3. The highest BCUT2D eigenvalue weighted by atomic mass is 32.2. The first kappa shape index (κ1) is 16.4. The van der Waals surface area contributed by atoms with E-state index in [9.17, 15) is 22.9 Å². The van der Waals surface area contributed by atoms with Gasteiger partial charge in [0.15, 0.2) is 4.90 Å². The number of anilines is 1. The SMILES string of the molecule is Cc1cccc([N+](=O)[O-])c1S(=O)(=O)N1CCCc2cc(F)ccc21. The molecule has 0 spiro atoms. The minimum atomic E-state index is -4.13. The summed E-state index contributed by atoms with van der Waals surface area (Å²) in [5, 5.41) is 11.3. The second kappa shape index (κ2) is 5.86. The maximum atomic E-state index is 13.4. The molecule has 2 aromatic rings. The highest BCUT2D eigenvalue weighted by molar-refractivity contribution is 7.93. The number of benzene rings is 2. The van der Waals surface area contributed by atoms with Crippen molar-refractivity contribution in [2.75, 3.05) is 10.8 Å². The molecule has 1 aliphatic rings. The van der Waals surface area contributed by atoms with Crippen LogP contribution in [-0.2, 0) is 16.4 Å². The number of nitro benzene ring substituents is 1. The van der Waals surface area contributed by atoms with Crippen molar-refractivity contribution in [3.8, 4) is 0 Å². The average Bonchev–Trinajstić information content (AvgIpc) is 2.53. The molecule has 126 valence electrons. The third-order valence-corrected chi connectivity index (χ3v) is 6.06. The van der Waals surface area contributed by atoms with Gasteiger partial charge in [-0.25, -0.2) is 12.8 Å². The Morgan fingerprint density at radius 1 is 1.25 bits per heavy atom. The van der Waals surface area contributed by atoms with Gasteiger partial charge in [0, 0.05) is 12.6 Å². The van der Waals surface area contributed by atoms with E-state index in [4.69, 9.17) is 0 Å². The van der Waals surface area contributed by atoms with Crippen molar-refractivity contribution in [2.24, 2.45) is 0 Å². The van der Waals surface area contributed by atoms with E-state index in [2.05, 4.69) is 0 Å². The van der Waals surface area contributed by atoms with Crippen molar-refractivity contribution >= 4 is 21.4 Å². The Morgan fingerprint density at radius 2 is 2.00 bits per heavy atom. The molecular weight excluding hydrogens is 335 g/mol. The van der Waals surface area contributed by atoms with E-state index in [1.807, 2.05) is 0 Å². The van der Waals surface area contributed by atoms with Crippen LogP contribution in [0.15, 0.2) is 41.3 Å². The van der Waals surface area contributed by atoms with Crippen LogP contribution < -0.4 is 4.31 Å². The average molecular weight is 350 g/mol. The van der Waals surface area contributed by atoms with Crippen LogP contribution in [0.25, 0.3) is 0 Å². The lowest BCUT2D eigenvalue weighted by atomic mass is 10.0. The Hall–Kier alpha value is -2.48. The topological polar surface area (TPSA) is 80.5 Å². The largest absolute Gasteiger partial charge is 0.290 e. The highest BCUT2D eigenvalue weighted by Gasteiger charge is 2.35. The molecule has 0 N–H and O–H groups in total. The zero-order chi connectivity index (χ0) is 17.5. The maximum Gasteiger partial charge on any atom is 0.290 e. The Morgan fingerprint density at radius 3 is 2.71 bits per heavy atom. The van der Waals surface area contributed by atoms with Crippen molar-refractivity contribution < 1.29 is 17.7 Å². The number of hydrogen-bond donors (Lipinski definition) is 0. The van der Waals surface area contributed by atoms with Gasteiger partial charge in [-0.2, -0.15) is 0 Å². The number of aryl methyl sites for hydroxylation is 2. The summed E-state index contributed by atoms with van der Waals surface area (Å²) in [7, 11) is -4.13. The molecule has 0 unspecified atom stereocenters. The Kier molecular flexibility index (Phi) is 4.00. The molecule has 0 saturated heterocycles. The second-order valence-electron chi connectivity index (χ2n) is 5.63. The molecule has 8 heteroatoms. The first-order chi connectivity index (χ1) is 11.3. The number of hydrogen-bond acceptors (Lipinski definition) is 4. The lowest BCUT2D eigenvalue weighted by molar-refractivity contribution is -0.387. The van der Waals surface area contributed by atoms with Crippen LogP contribution in [0.4, 0.5) is 15.8 Å². The molecule has 0 amide bonds. The molecule has 0 atom stereocenters. The van der Waals surface area contributed by atoms with Crippen LogP contribution in [0, 0.1) is 22.9 Å². The molecule has 1 aliphatic heterocycles. The summed E-state index contributed by atoms with van der Waals surface area (Å²) in [6.07, 6.45) is 1.09. The molecule has 0 aromatic heterocycles. The number of halogens is 1. The predicted octanol–water partition coefficient (Wildman–Crippen LogP) is 3.18. The zero-order valence-corrected chi connectivity index (χ0v) is 13.7. The molecule has 24 heavy (non-hydrogen) atoms. The van der Waals surface area contributed by atoms with Gasteiger partial charge in [0.1, 0.15) is 5.82 Å². The van der Waals surface area contributed by atoms with Crippen molar-refractivity contribution in [1.29, 1.82) is 0 Å². The molecule has 2 aromatic carbocycles. The molecule has 3 rings (SSSR count). The minimum Gasteiger partial charge on any atom is -0.266 e. The number of nitrogens with zero attached hydrogens (tertiary/aromatic N) is 2. The highest BCUT2D eigenvalue weighted by Crippen LogP contribution is 2.36. The number of sulfonamides is 1. The fourth-order valence-corrected chi connectivity index (χ4v) is 4.92. The molecule has 0 saturated carbocycles. The summed E-state index contributed by atoms with van der Waals surface area (Å²) in [4.78, 5) is 10.3. The summed E-state index contributed by atoms with van der Waals surface area (Å²) in [6, 6.07) is 8.06. The summed E-state index contributed by atoms with van der Waals surface area (Å²) in [5.74, 6) is -0.435. The van der Waals surface area contributed by atoms with E-state index in [0.29, 0.717) is 29.7 Å². The summed E-state index contributed by atoms with van der Waals surface area (Å²) in [6.45, 7) is 1.72. The van der Waals surface area contributed by atoms with E-state index in [-0.39, 0.29) is 11.4 Å². The van der Waals surface area contributed by atoms with Crippen molar-refractivity contribution in [1.82, 2.24) is 0 Å². The third-order valence-electron chi connectivity index (χ3n) is 4.05. The molecule has 1 heterocycles. The Labute approximate surface area is 138 Å². The van der Waals surface area contributed by atoms with Crippen molar-refractivity contribution in [3.05, 3.63) is 63.5 Å². The van der Waals surface area contributed by atoms with Crippen LogP contribution in [-0.4, -0.2) is 19.9 Å². The van der Waals surface area contributed by atoms with Gasteiger partial charge in [0.05, 0.1) is 10.6 Å². The smallest absolute Gasteiger partial charge is 0.266 e. The number of rotatable bonds is 3. The van der Waals surface area contributed by atoms with Gasteiger partial charge in [0.25, 0.3) is 15.7 Å². The minimum absolute atomic E-state index is 0.201. The van der Waals surface area contributed by atoms with E-state index in [1.54, 1.807) is 0 Å². The van der Waals surface area contributed by atoms with Gasteiger partial charge in [-0.3, -0.25) is 14.4 Å². The fraction of sp³-hybridized carbons (Fsp3) is 0.250. The molecule has 6 nitrogen and oxygen atoms in total. The molecule has 0 bridgehead atoms. The summed E-state index contributed by atoms with van der Waals surface area (Å²) < 4.78 is 40.8. The number of fused-ring (bicyclic) bond motifs is 1. The van der Waals surface area contributed by atoms with E-state index in [1.165, 1.54) is 43.3 Å². The fourth-order valence-electron chi connectivity index (χ4n) is 3.01. The number of nitro groups is 1. The van der Waals surface area contributed by atoms with E-state index >= 15 is 0 Å². The van der Waals surface area contributed by atoms with Crippen molar-refractivity contribution in [2.45, 2.75) is 24.7 Å². The van der Waals surface area contributed by atoms with Gasteiger partial charge in [-0.1, -0.05) is 12.1 Å². The molecular formula is C16H15FN2O4S. The van der Waals surface area contributed by atoms with Gasteiger partial charge < -0.3 is 0 Å². The van der Waals surface area contributed by atoms with Crippen LogP contribution in [0.2, 0.25) is 0 Å². The predicted molar refractivity (Wildman–Crippen MR) is 87.1 cm³/mol. The monoisotopic (exact) mass is 350 g/mol. The summed E-state index contributed by atoms with van der Waals surface area (Å²) >= 11 is 0. The summed E-state index contributed by atoms with van der Waals surface area (Å²) in [5.41, 5.74) is 0.809. The van der Waals surface area contributed by atoms with Crippen molar-refractivity contribution in [3.63, 3.8) is 0 Å². The van der Waals surface area contributed by atoms with Gasteiger partial charge in [-0.15, -0.1) is 0 Å². The zero-order valence-electron chi connectivity index (χ0n) is 12.9.